The monoisotopic (exact) mass is 370 g/mol. The molecule has 0 bridgehead atoms. The van der Waals surface area contributed by atoms with Gasteiger partial charge in [0.2, 0.25) is 11.7 Å². The number of carboxylic acid groups (broad SMARTS) is 3. The van der Waals surface area contributed by atoms with Gasteiger partial charge in [0.05, 0.1) is 6.42 Å². The normalized spacial score (nSPS) is 14.3. The van der Waals surface area contributed by atoms with Gasteiger partial charge in [0, 0.05) is 6.08 Å². The Kier molecular flexibility index (Phi) is 6.28. The molecule has 1 rings (SSSR count). The highest BCUT2D eigenvalue weighted by molar-refractivity contribution is 5.94. The summed E-state index contributed by atoms with van der Waals surface area (Å²) >= 11 is 0. The van der Waals surface area contributed by atoms with E-state index in [1.54, 1.807) is 0 Å². The predicted octanol–water partition coefficient (Wildman–Crippen LogP) is -0.602. The molecule has 0 fully saturated rings. The zero-order valence-electron chi connectivity index (χ0n) is 12.9. The Morgan fingerprint density at radius 1 is 1.08 bits per heavy atom. The molecule has 0 aliphatic heterocycles. The van der Waals surface area contributed by atoms with Gasteiger partial charge in [-0.3, -0.25) is 4.79 Å². The highest BCUT2D eigenvalue weighted by Gasteiger charge is 2.52. The third-order valence-electron chi connectivity index (χ3n) is 3.09. The lowest BCUT2D eigenvalue weighted by Crippen LogP contribution is -2.56. The Morgan fingerprint density at radius 3 is 2.15 bits per heavy atom. The van der Waals surface area contributed by atoms with Crippen molar-refractivity contribution in [3.05, 3.63) is 29.8 Å². The average molecular weight is 370 g/mol. The van der Waals surface area contributed by atoms with Crippen molar-refractivity contribution in [1.29, 1.82) is 0 Å². The van der Waals surface area contributed by atoms with E-state index in [1.165, 1.54) is 6.07 Å². The minimum atomic E-state index is -3.39. The molecule has 1 aromatic rings. The molecule has 0 radical (unpaired) electrons. The fourth-order valence-corrected chi connectivity index (χ4v) is 1.83. The van der Waals surface area contributed by atoms with Crippen LogP contribution in [0.4, 0.5) is 0 Å². The van der Waals surface area contributed by atoms with Gasteiger partial charge in [-0.05, 0) is 23.8 Å². The molecule has 0 heterocycles. The fraction of sp³-hybridized carbons (Fsp3) is 0.200. The van der Waals surface area contributed by atoms with E-state index in [9.17, 15) is 29.4 Å². The SMILES string of the molecule is O=C(O)C[C@@](O)(C(=O)O)[C@@H](OC(=O)C=Cc1ccc(O)c(O)c1)C(=O)O. The van der Waals surface area contributed by atoms with Gasteiger partial charge in [-0.1, -0.05) is 6.07 Å². The van der Waals surface area contributed by atoms with Crippen molar-refractivity contribution in [2.45, 2.75) is 18.1 Å². The van der Waals surface area contributed by atoms with Crippen molar-refractivity contribution in [2.75, 3.05) is 0 Å². The van der Waals surface area contributed by atoms with E-state index >= 15 is 0 Å². The lowest BCUT2D eigenvalue weighted by molar-refractivity contribution is -0.195. The third kappa shape index (κ3) is 4.95. The maximum absolute atomic E-state index is 11.7. The Balaban J connectivity index is 3.01. The molecule has 11 heteroatoms. The molecule has 1 aromatic carbocycles. The lowest BCUT2D eigenvalue weighted by Gasteiger charge is -2.27. The van der Waals surface area contributed by atoms with Crippen molar-refractivity contribution in [3.8, 4) is 11.5 Å². The van der Waals surface area contributed by atoms with Crippen molar-refractivity contribution in [1.82, 2.24) is 0 Å². The summed E-state index contributed by atoms with van der Waals surface area (Å²) < 4.78 is 4.38. The number of rotatable bonds is 8. The zero-order valence-corrected chi connectivity index (χ0v) is 12.9. The second kappa shape index (κ2) is 7.98. The number of aliphatic carboxylic acids is 3. The van der Waals surface area contributed by atoms with Crippen LogP contribution in [0.5, 0.6) is 11.5 Å². The van der Waals surface area contributed by atoms with E-state index < -0.39 is 53.5 Å². The Bertz CT molecular complexity index is 767. The number of carbonyl (C=O) groups is 4. The number of hydrogen-bond donors (Lipinski definition) is 6. The molecule has 11 nitrogen and oxygen atoms in total. The highest BCUT2D eigenvalue weighted by atomic mass is 16.6. The molecular weight excluding hydrogens is 356 g/mol. The molecule has 140 valence electrons. The summed E-state index contributed by atoms with van der Waals surface area (Å²) in [6.07, 6.45) is -2.52. The number of carbonyl (C=O) groups excluding carboxylic acids is 1. The van der Waals surface area contributed by atoms with E-state index in [0.717, 1.165) is 18.2 Å². The lowest BCUT2D eigenvalue weighted by atomic mass is 9.92. The summed E-state index contributed by atoms with van der Waals surface area (Å²) in [5.74, 6) is -8.41. The van der Waals surface area contributed by atoms with Crippen LogP contribution in [0, 0.1) is 0 Å². The fourth-order valence-electron chi connectivity index (χ4n) is 1.83. The molecule has 0 aliphatic rings. The van der Waals surface area contributed by atoms with Crippen molar-refractivity contribution in [2.24, 2.45) is 0 Å². The predicted molar refractivity (Wildman–Crippen MR) is 81.2 cm³/mol. The quantitative estimate of drug-likeness (QED) is 0.194. The molecule has 0 saturated carbocycles. The van der Waals surface area contributed by atoms with Gasteiger partial charge in [0.1, 0.15) is 0 Å². The average Bonchev–Trinajstić information content (AvgIpc) is 2.52. The second-order valence-electron chi connectivity index (χ2n) is 5.04. The Labute approximate surface area is 145 Å². The van der Waals surface area contributed by atoms with E-state index in [-0.39, 0.29) is 5.56 Å². The van der Waals surface area contributed by atoms with Crippen LogP contribution in [0.15, 0.2) is 24.3 Å². The van der Waals surface area contributed by atoms with Gasteiger partial charge < -0.3 is 35.4 Å². The topological polar surface area (TPSA) is 199 Å². The van der Waals surface area contributed by atoms with E-state index in [0.29, 0.717) is 6.08 Å². The minimum Gasteiger partial charge on any atom is -0.504 e. The van der Waals surface area contributed by atoms with Gasteiger partial charge in [-0.25, -0.2) is 14.4 Å². The maximum atomic E-state index is 11.7. The van der Waals surface area contributed by atoms with Crippen LogP contribution in [-0.2, 0) is 23.9 Å². The molecule has 0 spiro atoms. The summed E-state index contributed by atoms with van der Waals surface area (Å²) in [5, 5.41) is 54.9. The Morgan fingerprint density at radius 2 is 1.69 bits per heavy atom. The summed E-state index contributed by atoms with van der Waals surface area (Å²) in [5.41, 5.74) is -3.19. The molecular formula is C15H14O11. The van der Waals surface area contributed by atoms with Crippen LogP contribution in [0.3, 0.4) is 0 Å². The van der Waals surface area contributed by atoms with Gasteiger partial charge in [0.25, 0.3) is 0 Å². The van der Waals surface area contributed by atoms with Crippen LogP contribution in [0.2, 0.25) is 0 Å². The molecule has 2 atom stereocenters. The Hall–Kier alpha value is -3.60. The number of hydrogen-bond acceptors (Lipinski definition) is 8. The first-order valence-corrected chi connectivity index (χ1v) is 6.78. The summed E-state index contributed by atoms with van der Waals surface area (Å²) in [4.78, 5) is 44.6. The number of phenols is 2. The standard InChI is InChI=1S/C15H14O11/c16-8-3-1-7(5-9(8)17)2-4-11(20)26-12(13(21)22)15(25,14(23)24)6-10(18)19/h1-5,12,16-17,25H,6H2,(H,18,19)(H,21,22)(H,23,24)/t12-,15-/m0/s1. The summed E-state index contributed by atoms with van der Waals surface area (Å²) in [7, 11) is 0. The van der Waals surface area contributed by atoms with Crippen LogP contribution in [-0.4, -0.2) is 66.2 Å². The van der Waals surface area contributed by atoms with Crippen molar-refractivity contribution < 1.29 is 54.6 Å². The second-order valence-corrected chi connectivity index (χ2v) is 5.04. The number of aromatic hydroxyl groups is 2. The number of carboxylic acids is 3. The first kappa shape index (κ1) is 20.4. The van der Waals surface area contributed by atoms with Gasteiger partial charge in [-0.2, -0.15) is 0 Å². The molecule has 6 N–H and O–H groups in total. The first-order valence-electron chi connectivity index (χ1n) is 6.78. The number of phenolic OH excluding ortho intramolecular Hbond substituents is 2. The molecule has 26 heavy (non-hydrogen) atoms. The van der Waals surface area contributed by atoms with Gasteiger partial charge in [-0.15, -0.1) is 0 Å². The minimum absolute atomic E-state index is 0.197. The smallest absolute Gasteiger partial charge is 0.348 e. The van der Waals surface area contributed by atoms with Crippen molar-refractivity contribution in [3.63, 3.8) is 0 Å². The third-order valence-corrected chi connectivity index (χ3v) is 3.09. The van der Waals surface area contributed by atoms with E-state index in [1.807, 2.05) is 0 Å². The van der Waals surface area contributed by atoms with Gasteiger partial charge in [0.15, 0.2) is 11.5 Å². The molecule has 0 amide bonds. The van der Waals surface area contributed by atoms with Crippen LogP contribution in [0.25, 0.3) is 6.08 Å². The maximum Gasteiger partial charge on any atom is 0.348 e. The summed E-state index contributed by atoms with van der Waals surface area (Å²) in [6.45, 7) is 0. The van der Waals surface area contributed by atoms with Crippen LogP contribution < -0.4 is 0 Å². The molecule has 0 saturated heterocycles. The number of aliphatic hydroxyl groups is 1. The summed E-state index contributed by atoms with van der Waals surface area (Å²) in [6, 6.07) is 3.45. The molecule has 0 aliphatic carbocycles. The number of esters is 1. The number of benzene rings is 1. The largest absolute Gasteiger partial charge is 0.504 e. The zero-order chi connectivity index (χ0) is 20.1. The molecule has 0 aromatic heterocycles. The van der Waals surface area contributed by atoms with E-state index in [4.69, 9.17) is 20.4 Å². The first-order chi connectivity index (χ1) is 12.0. The van der Waals surface area contributed by atoms with Gasteiger partial charge >= 0.3 is 23.9 Å². The van der Waals surface area contributed by atoms with Crippen molar-refractivity contribution >= 4 is 30.0 Å². The van der Waals surface area contributed by atoms with E-state index in [2.05, 4.69) is 4.74 Å². The molecule has 0 unspecified atom stereocenters. The van der Waals surface area contributed by atoms with Crippen LogP contribution >= 0.6 is 0 Å². The highest BCUT2D eigenvalue weighted by Crippen LogP contribution is 2.25. The number of ether oxygens (including phenoxy) is 1. The van der Waals surface area contributed by atoms with Crippen LogP contribution in [0.1, 0.15) is 12.0 Å².